The van der Waals surface area contributed by atoms with Crippen LogP contribution in [0.3, 0.4) is 0 Å². The maximum absolute atomic E-state index is 11.3. The van der Waals surface area contributed by atoms with E-state index in [1.54, 1.807) is 24.3 Å². The van der Waals surface area contributed by atoms with Gasteiger partial charge in [0.2, 0.25) is 5.91 Å². The second kappa shape index (κ2) is 5.01. The maximum atomic E-state index is 11.3. The van der Waals surface area contributed by atoms with Crippen molar-refractivity contribution in [2.24, 2.45) is 5.73 Å². The Morgan fingerprint density at radius 3 is 2.17 bits per heavy atom. The van der Waals surface area contributed by atoms with E-state index < -0.39 is 5.91 Å². The molecule has 0 aliphatic heterocycles. The van der Waals surface area contributed by atoms with Crippen molar-refractivity contribution in [3.8, 4) is 11.1 Å². The number of hydrogen-bond acceptors (Lipinski definition) is 1. The van der Waals surface area contributed by atoms with Crippen LogP contribution in [0.1, 0.15) is 15.9 Å². The van der Waals surface area contributed by atoms with Gasteiger partial charge in [-0.3, -0.25) is 4.79 Å². The number of carbonyl (C=O) groups is 1. The third-order valence-corrected chi connectivity index (χ3v) is 3.14. The van der Waals surface area contributed by atoms with E-state index in [2.05, 4.69) is 0 Å². The van der Waals surface area contributed by atoms with Crippen LogP contribution in [-0.2, 0) is 0 Å². The molecule has 1 amide bonds. The number of amides is 1. The van der Waals surface area contributed by atoms with Gasteiger partial charge in [-0.1, -0.05) is 35.3 Å². The lowest BCUT2D eigenvalue weighted by Crippen LogP contribution is -2.12. The Morgan fingerprint density at radius 1 is 1.00 bits per heavy atom. The van der Waals surface area contributed by atoms with Crippen LogP contribution >= 0.6 is 23.2 Å². The summed E-state index contributed by atoms with van der Waals surface area (Å²) < 4.78 is 0. The Labute approximate surface area is 115 Å². The zero-order valence-corrected chi connectivity index (χ0v) is 11.2. The second-order valence-electron chi connectivity index (χ2n) is 4.05. The molecule has 0 atom stereocenters. The quantitative estimate of drug-likeness (QED) is 0.885. The van der Waals surface area contributed by atoms with Crippen LogP contribution in [0.4, 0.5) is 0 Å². The summed E-state index contributed by atoms with van der Waals surface area (Å²) in [5.74, 6) is -0.442. The van der Waals surface area contributed by atoms with E-state index in [0.29, 0.717) is 15.6 Å². The first-order valence-electron chi connectivity index (χ1n) is 5.34. The first-order valence-corrected chi connectivity index (χ1v) is 6.10. The van der Waals surface area contributed by atoms with Gasteiger partial charge in [0.1, 0.15) is 0 Å². The Hall–Kier alpha value is -1.51. The third kappa shape index (κ3) is 2.66. The van der Waals surface area contributed by atoms with Gasteiger partial charge in [-0.15, -0.1) is 0 Å². The van der Waals surface area contributed by atoms with Crippen molar-refractivity contribution < 1.29 is 4.79 Å². The fourth-order valence-corrected chi connectivity index (χ4v) is 2.31. The Morgan fingerprint density at radius 2 is 1.61 bits per heavy atom. The van der Waals surface area contributed by atoms with Gasteiger partial charge in [0, 0.05) is 15.6 Å². The van der Waals surface area contributed by atoms with Gasteiger partial charge in [-0.2, -0.15) is 0 Å². The van der Waals surface area contributed by atoms with Crippen molar-refractivity contribution in [3.63, 3.8) is 0 Å². The number of carbonyl (C=O) groups excluding carboxylic acids is 1. The molecule has 0 aliphatic rings. The zero-order chi connectivity index (χ0) is 13.3. The number of benzene rings is 2. The molecular weight excluding hydrogens is 269 g/mol. The van der Waals surface area contributed by atoms with Gasteiger partial charge in [0.25, 0.3) is 0 Å². The SMILES string of the molecule is Cc1ccc(-c2cc(Cl)cc(Cl)c2)cc1C(N)=O. The van der Waals surface area contributed by atoms with E-state index in [4.69, 9.17) is 28.9 Å². The molecule has 0 saturated carbocycles. The maximum Gasteiger partial charge on any atom is 0.248 e. The highest BCUT2D eigenvalue weighted by atomic mass is 35.5. The van der Waals surface area contributed by atoms with E-state index in [9.17, 15) is 4.79 Å². The molecule has 0 heterocycles. The summed E-state index contributed by atoms with van der Waals surface area (Å²) >= 11 is 11.9. The lowest BCUT2D eigenvalue weighted by atomic mass is 9.99. The highest BCUT2D eigenvalue weighted by molar-refractivity contribution is 6.35. The molecule has 4 heteroatoms. The molecule has 2 nitrogen and oxygen atoms in total. The number of aryl methyl sites for hydroxylation is 1. The van der Waals surface area contributed by atoms with Crippen molar-refractivity contribution in [2.75, 3.05) is 0 Å². The summed E-state index contributed by atoms with van der Waals surface area (Å²) in [6.07, 6.45) is 0. The van der Waals surface area contributed by atoms with E-state index in [0.717, 1.165) is 16.7 Å². The first-order chi connectivity index (χ1) is 8.47. The van der Waals surface area contributed by atoms with Gasteiger partial charge in [0.15, 0.2) is 0 Å². The topological polar surface area (TPSA) is 43.1 Å². The van der Waals surface area contributed by atoms with Crippen LogP contribution in [0, 0.1) is 6.92 Å². The number of nitrogens with two attached hydrogens (primary N) is 1. The van der Waals surface area contributed by atoms with Gasteiger partial charge < -0.3 is 5.73 Å². The van der Waals surface area contributed by atoms with Crippen molar-refractivity contribution in [1.29, 1.82) is 0 Å². The fourth-order valence-electron chi connectivity index (χ4n) is 1.79. The van der Waals surface area contributed by atoms with Crippen molar-refractivity contribution in [2.45, 2.75) is 6.92 Å². The predicted molar refractivity (Wildman–Crippen MR) is 75.2 cm³/mol. The van der Waals surface area contributed by atoms with E-state index >= 15 is 0 Å². The minimum absolute atomic E-state index is 0.442. The monoisotopic (exact) mass is 279 g/mol. The van der Waals surface area contributed by atoms with Crippen LogP contribution in [0.5, 0.6) is 0 Å². The molecule has 0 bridgehead atoms. The molecule has 18 heavy (non-hydrogen) atoms. The summed E-state index contributed by atoms with van der Waals surface area (Å²) in [4.78, 5) is 11.3. The highest BCUT2D eigenvalue weighted by Gasteiger charge is 2.08. The molecule has 0 spiro atoms. The molecule has 2 rings (SSSR count). The Bertz CT molecular complexity index is 603. The smallest absolute Gasteiger partial charge is 0.248 e. The van der Waals surface area contributed by atoms with Gasteiger partial charge >= 0.3 is 0 Å². The largest absolute Gasteiger partial charge is 0.366 e. The molecule has 92 valence electrons. The normalized spacial score (nSPS) is 10.4. The summed E-state index contributed by atoms with van der Waals surface area (Å²) in [6, 6.07) is 10.8. The molecule has 0 unspecified atom stereocenters. The molecule has 2 N–H and O–H groups in total. The minimum Gasteiger partial charge on any atom is -0.366 e. The molecular formula is C14H11Cl2NO. The Kier molecular flexibility index (Phi) is 3.60. The molecule has 0 fully saturated rings. The van der Waals surface area contributed by atoms with Gasteiger partial charge in [-0.25, -0.2) is 0 Å². The van der Waals surface area contributed by atoms with E-state index in [1.807, 2.05) is 19.1 Å². The van der Waals surface area contributed by atoms with Crippen molar-refractivity contribution in [1.82, 2.24) is 0 Å². The fraction of sp³-hybridized carbons (Fsp3) is 0.0714. The van der Waals surface area contributed by atoms with E-state index in [1.165, 1.54) is 0 Å². The van der Waals surface area contributed by atoms with Crippen LogP contribution < -0.4 is 5.73 Å². The standard InChI is InChI=1S/C14H11Cl2NO/c1-8-2-3-9(6-13(8)14(17)18)10-4-11(15)7-12(16)5-10/h2-7H,1H3,(H2,17,18). The first kappa shape index (κ1) is 12.9. The van der Waals surface area contributed by atoms with Gasteiger partial charge in [0.05, 0.1) is 0 Å². The lowest BCUT2D eigenvalue weighted by molar-refractivity contribution is 0.1000. The molecule has 2 aromatic rings. The van der Waals surface area contributed by atoms with Crippen LogP contribution in [0.25, 0.3) is 11.1 Å². The van der Waals surface area contributed by atoms with E-state index in [-0.39, 0.29) is 0 Å². The number of primary amides is 1. The average Bonchev–Trinajstić information content (AvgIpc) is 2.27. The third-order valence-electron chi connectivity index (χ3n) is 2.70. The molecule has 0 radical (unpaired) electrons. The van der Waals surface area contributed by atoms with Crippen LogP contribution in [-0.4, -0.2) is 5.91 Å². The molecule has 2 aromatic carbocycles. The number of hydrogen-bond donors (Lipinski definition) is 1. The summed E-state index contributed by atoms with van der Waals surface area (Å²) in [5.41, 5.74) is 8.40. The summed E-state index contributed by atoms with van der Waals surface area (Å²) in [5, 5.41) is 1.11. The molecule has 0 aliphatic carbocycles. The van der Waals surface area contributed by atoms with Gasteiger partial charge in [-0.05, 0) is 47.9 Å². The summed E-state index contributed by atoms with van der Waals surface area (Å²) in [7, 11) is 0. The predicted octanol–water partition coefficient (Wildman–Crippen LogP) is 4.07. The zero-order valence-electron chi connectivity index (χ0n) is 9.71. The van der Waals surface area contributed by atoms with Crippen LogP contribution in [0.15, 0.2) is 36.4 Å². The second-order valence-corrected chi connectivity index (χ2v) is 4.92. The number of halogens is 2. The van der Waals surface area contributed by atoms with Crippen LogP contribution in [0.2, 0.25) is 10.0 Å². The number of rotatable bonds is 2. The van der Waals surface area contributed by atoms with Crippen molar-refractivity contribution >= 4 is 29.1 Å². The lowest BCUT2D eigenvalue weighted by Gasteiger charge is -2.07. The highest BCUT2D eigenvalue weighted by Crippen LogP contribution is 2.28. The molecule has 0 saturated heterocycles. The minimum atomic E-state index is -0.442. The Balaban J connectivity index is 2.57. The van der Waals surface area contributed by atoms with Crippen molar-refractivity contribution in [3.05, 3.63) is 57.6 Å². The molecule has 0 aromatic heterocycles. The average molecular weight is 280 g/mol. The summed E-state index contributed by atoms with van der Waals surface area (Å²) in [6.45, 7) is 1.84.